The molecule has 4 nitrogen and oxygen atoms in total. The van der Waals surface area contributed by atoms with Crippen molar-refractivity contribution < 1.29 is 14.3 Å². The fourth-order valence-corrected chi connectivity index (χ4v) is 3.69. The molecule has 1 unspecified atom stereocenters. The van der Waals surface area contributed by atoms with Gasteiger partial charge in [0.25, 0.3) is 0 Å². The zero-order valence-electron chi connectivity index (χ0n) is 19.6. The summed E-state index contributed by atoms with van der Waals surface area (Å²) in [7, 11) is 0. The van der Waals surface area contributed by atoms with Gasteiger partial charge in [0.2, 0.25) is 0 Å². The van der Waals surface area contributed by atoms with Gasteiger partial charge in [-0.2, -0.15) is 0 Å². The van der Waals surface area contributed by atoms with E-state index < -0.39 is 6.10 Å². The third-order valence-corrected chi connectivity index (χ3v) is 5.57. The number of Topliss-reactive ketones (excluding diaryl/α,β-unsaturated/α-hetero) is 1. The summed E-state index contributed by atoms with van der Waals surface area (Å²) in [6.07, 6.45) is 5.23. The molecule has 1 atom stereocenters. The van der Waals surface area contributed by atoms with Gasteiger partial charge in [0, 0.05) is 10.9 Å². The number of para-hydroxylation sites is 2. The molecule has 0 saturated heterocycles. The van der Waals surface area contributed by atoms with Gasteiger partial charge >= 0.3 is 0 Å². The van der Waals surface area contributed by atoms with Crippen LogP contribution in [0.4, 0.5) is 0 Å². The van der Waals surface area contributed by atoms with Crippen molar-refractivity contribution in [1.82, 2.24) is 4.98 Å². The van der Waals surface area contributed by atoms with Gasteiger partial charge in [-0.15, -0.1) is 0 Å². The minimum absolute atomic E-state index is 0.0510. The molecule has 4 rings (SSSR count). The molecule has 172 valence electrons. The quantitative estimate of drug-likeness (QED) is 0.241. The van der Waals surface area contributed by atoms with Crippen LogP contribution in [-0.2, 0) is 11.4 Å². The van der Waals surface area contributed by atoms with Crippen LogP contribution in [0.15, 0.2) is 84.9 Å². The second-order valence-electron chi connectivity index (χ2n) is 8.23. The van der Waals surface area contributed by atoms with E-state index in [-0.39, 0.29) is 5.78 Å². The molecule has 1 heterocycles. The topological polar surface area (TPSA) is 48.4 Å². The Labute approximate surface area is 200 Å². The lowest BCUT2D eigenvalue weighted by atomic mass is 10.1. The van der Waals surface area contributed by atoms with Crippen LogP contribution in [0.2, 0.25) is 0 Å². The third kappa shape index (κ3) is 6.10. The molecule has 0 spiro atoms. The molecule has 1 aromatic heterocycles. The molecular weight excluding hydrogens is 422 g/mol. The number of rotatable bonds is 10. The molecular formula is C30H29NO3. The fraction of sp³-hybridized carbons (Fsp3) is 0.200. The lowest BCUT2D eigenvalue weighted by molar-refractivity contribution is -0.123. The van der Waals surface area contributed by atoms with E-state index in [4.69, 9.17) is 9.47 Å². The molecule has 0 aliphatic heterocycles. The Kier molecular flexibility index (Phi) is 7.71. The normalized spacial score (nSPS) is 12.1. The van der Waals surface area contributed by atoms with Crippen molar-refractivity contribution in [2.75, 3.05) is 0 Å². The van der Waals surface area contributed by atoms with Gasteiger partial charge in [0.05, 0.1) is 11.2 Å². The fourth-order valence-electron chi connectivity index (χ4n) is 3.69. The van der Waals surface area contributed by atoms with Gasteiger partial charge < -0.3 is 9.47 Å². The SMILES string of the molecule is CCCC(Oc1ccccc1/C=C\c1ccc(OCc2ccc3ccccc3n2)cc1)C(C)=O. The molecule has 3 aromatic carbocycles. The van der Waals surface area contributed by atoms with Crippen LogP contribution < -0.4 is 9.47 Å². The molecule has 0 saturated carbocycles. The van der Waals surface area contributed by atoms with E-state index in [1.54, 1.807) is 6.92 Å². The van der Waals surface area contributed by atoms with Crippen LogP contribution in [0.5, 0.6) is 11.5 Å². The van der Waals surface area contributed by atoms with Crippen molar-refractivity contribution in [2.24, 2.45) is 0 Å². The molecule has 0 fully saturated rings. The van der Waals surface area contributed by atoms with Crippen molar-refractivity contribution in [3.05, 3.63) is 102 Å². The van der Waals surface area contributed by atoms with Crippen molar-refractivity contribution in [3.8, 4) is 11.5 Å². The lowest BCUT2D eigenvalue weighted by Crippen LogP contribution is -2.25. The van der Waals surface area contributed by atoms with Gasteiger partial charge in [-0.3, -0.25) is 4.79 Å². The Morgan fingerprint density at radius 2 is 1.68 bits per heavy atom. The van der Waals surface area contributed by atoms with Crippen molar-refractivity contribution in [3.63, 3.8) is 0 Å². The number of hydrogen-bond acceptors (Lipinski definition) is 4. The highest BCUT2D eigenvalue weighted by Gasteiger charge is 2.16. The summed E-state index contributed by atoms with van der Waals surface area (Å²) in [5.41, 5.74) is 3.85. The van der Waals surface area contributed by atoms with E-state index in [1.807, 2.05) is 84.9 Å². The van der Waals surface area contributed by atoms with E-state index in [0.29, 0.717) is 13.0 Å². The highest BCUT2D eigenvalue weighted by Crippen LogP contribution is 2.24. The van der Waals surface area contributed by atoms with Crippen LogP contribution in [0.25, 0.3) is 23.1 Å². The van der Waals surface area contributed by atoms with Crippen LogP contribution >= 0.6 is 0 Å². The van der Waals surface area contributed by atoms with E-state index >= 15 is 0 Å². The number of ether oxygens (including phenoxy) is 2. The Morgan fingerprint density at radius 3 is 2.47 bits per heavy atom. The van der Waals surface area contributed by atoms with Crippen LogP contribution in [0.1, 0.15) is 43.5 Å². The molecule has 0 amide bonds. The number of nitrogens with zero attached hydrogens (tertiary/aromatic N) is 1. The predicted octanol–water partition coefficient (Wildman–Crippen LogP) is 7.12. The second-order valence-corrected chi connectivity index (χ2v) is 8.23. The van der Waals surface area contributed by atoms with Gasteiger partial charge in [0.1, 0.15) is 18.1 Å². The first-order valence-corrected chi connectivity index (χ1v) is 11.6. The number of benzene rings is 3. The maximum absolute atomic E-state index is 11.9. The maximum Gasteiger partial charge on any atom is 0.170 e. The lowest BCUT2D eigenvalue weighted by Gasteiger charge is -2.17. The highest BCUT2D eigenvalue weighted by atomic mass is 16.5. The molecule has 34 heavy (non-hydrogen) atoms. The summed E-state index contributed by atoms with van der Waals surface area (Å²) in [6.45, 7) is 4.05. The number of carbonyl (C=O) groups excluding carboxylic acids is 1. The summed E-state index contributed by atoms with van der Waals surface area (Å²) < 4.78 is 12.0. The van der Waals surface area contributed by atoms with Crippen LogP contribution in [0.3, 0.4) is 0 Å². The summed E-state index contributed by atoms with van der Waals surface area (Å²) in [5, 5.41) is 1.12. The number of fused-ring (bicyclic) bond motifs is 1. The first-order valence-electron chi connectivity index (χ1n) is 11.6. The molecule has 4 heteroatoms. The zero-order valence-corrected chi connectivity index (χ0v) is 19.6. The summed E-state index contributed by atoms with van der Waals surface area (Å²) in [5.74, 6) is 1.56. The first kappa shape index (κ1) is 23.2. The average Bonchev–Trinajstić information content (AvgIpc) is 2.87. The zero-order chi connectivity index (χ0) is 23.8. The Hall–Kier alpha value is -3.92. The van der Waals surface area contributed by atoms with Crippen LogP contribution in [-0.4, -0.2) is 16.9 Å². The number of pyridine rings is 1. The number of hydrogen-bond donors (Lipinski definition) is 0. The van der Waals surface area contributed by atoms with Crippen molar-refractivity contribution in [2.45, 2.75) is 39.4 Å². The average molecular weight is 452 g/mol. The monoisotopic (exact) mass is 451 g/mol. The highest BCUT2D eigenvalue weighted by molar-refractivity contribution is 5.81. The first-order chi connectivity index (χ1) is 16.6. The molecule has 0 N–H and O–H groups in total. The number of ketones is 1. The third-order valence-electron chi connectivity index (χ3n) is 5.57. The van der Waals surface area contributed by atoms with Gasteiger partial charge in [0.15, 0.2) is 11.9 Å². The van der Waals surface area contributed by atoms with Gasteiger partial charge in [-0.05, 0) is 49.2 Å². The second kappa shape index (κ2) is 11.3. The Morgan fingerprint density at radius 1 is 0.912 bits per heavy atom. The molecule has 0 aliphatic rings. The van der Waals surface area contributed by atoms with E-state index in [1.165, 1.54) is 0 Å². The molecule has 4 aromatic rings. The summed E-state index contributed by atoms with van der Waals surface area (Å²) >= 11 is 0. The van der Waals surface area contributed by atoms with Crippen molar-refractivity contribution >= 4 is 28.8 Å². The van der Waals surface area contributed by atoms with Crippen LogP contribution in [0, 0.1) is 0 Å². The predicted molar refractivity (Wildman–Crippen MR) is 138 cm³/mol. The summed E-state index contributed by atoms with van der Waals surface area (Å²) in [4.78, 5) is 16.6. The minimum atomic E-state index is -0.409. The number of aromatic nitrogens is 1. The number of carbonyl (C=O) groups is 1. The molecule has 0 bridgehead atoms. The van der Waals surface area contributed by atoms with E-state index in [0.717, 1.165) is 45.6 Å². The van der Waals surface area contributed by atoms with E-state index in [9.17, 15) is 4.79 Å². The van der Waals surface area contributed by atoms with Gasteiger partial charge in [-0.25, -0.2) is 4.98 Å². The Balaban J connectivity index is 1.39. The molecule has 0 aliphatic carbocycles. The largest absolute Gasteiger partial charge is 0.487 e. The molecule has 0 radical (unpaired) electrons. The Bertz CT molecular complexity index is 1280. The van der Waals surface area contributed by atoms with Crippen molar-refractivity contribution in [1.29, 1.82) is 0 Å². The summed E-state index contributed by atoms with van der Waals surface area (Å²) in [6, 6.07) is 27.8. The smallest absolute Gasteiger partial charge is 0.170 e. The van der Waals surface area contributed by atoms with Gasteiger partial charge in [-0.1, -0.05) is 80.1 Å². The minimum Gasteiger partial charge on any atom is -0.487 e. The maximum atomic E-state index is 11.9. The standard InChI is InChI=1S/C30H29NO3/c1-3-8-29(22(2)32)34-30-12-7-5-10-25(30)16-13-23-14-19-27(20-15-23)33-21-26-18-17-24-9-4-6-11-28(24)31-26/h4-7,9-20,29H,3,8,21H2,1-2H3/b16-13-. The van der Waals surface area contributed by atoms with E-state index in [2.05, 4.69) is 24.0 Å².